The Morgan fingerprint density at radius 2 is 1.41 bits per heavy atom. The molecule has 0 unspecified atom stereocenters. The molecule has 1 aromatic rings. The molecule has 0 saturated heterocycles. The van der Waals surface area contributed by atoms with Crippen LogP contribution in [0.4, 0.5) is 0 Å². The van der Waals surface area contributed by atoms with Crippen LogP contribution in [0.1, 0.15) is 36.8 Å². The number of allylic oxidation sites excluding steroid dienone is 4. The van der Waals surface area contributed by atoms with E-state index in [4.69, 9.17) is 0 Å². The third-order valence-electron chi connectivity index (χ3n) is 2.65. The quantitative estimate of drug-likeness (QED) is 0.338. The number of aryl methyl sites for hydroxylation is 2. The molecule has 0 spiro atoms. The summed E-state index contributed by atoms with van der Waals surface area (Å²) >= 11 is 1.82. The first-order valence-electron chi connectivity index (χ1n) is 5.93. The molecular weight excluding hydrogens is 317 g/mol. The van der Waals surface area contributed by atoms with Gasteiger partial charge in [-0.15, -0.1) is 0 Å². The van der Waals surface area contributed by atoms with Gasteiger partial charge in [-0.3, -0.25) is 0 Å². The summed E-state index contributed by atoms with van der Waals surface area (Å²) in [5.41, 5.74) is 2.78. The van der Waals surface area contributed by atoms with Crippen molar-refractivity contribution in [3.8, 4) is 0 Å². The van der Waals surface area contributed by atoms with E-state index in [1.54, 1.807) is 0 Å². The molecule has 0 aromatic heterocycles. The third kappa shape index (κ3) is 9.45. The summed E-state index contributed by atoms with van der Waals surface area (Å²) in [6.07, 6.45) is 14.0. The number of rotatable bonds is 0. The van der Waals surface area contributed by atoms with Gasteiger partial charge in [0.15, 0.2) is 0 Å². The van der Waals surface area contributed by atoms with E-state index < -0.39 is 0 Å². The van der Waals surface area contributed by atoms with Crippen LogP contribution in [0.25, 0.3) is 0 Å². The van der Waals surface area contributed by atoms with Crippen LogP contribution in [0.2, 0.25) is 0 Å². The summed E-state index contributed by atoms with van der Waals surface area (Å²) in [6, 6.07) is 6.31. The van der Waals surface area contributed by atoms with Crippen molar-refractivity contribution < 1.29 is 17.3 Å². The van der Waals surface area contributed by atoms with Gasteiger partial charge < -0.3 is 0 Å². The average Bonchev–Trinajstić information content (AvgIpc) is 2.66. The summed E-state index contributed by atoms with van der Waals surface area (Å²) in [5.74, 6) is 0. The molecule has 2 rings (SSSR count). The maximum absolute atomic E-state index is 4.57. The predicted octanol–water partition coefficient (Wildman–Crippen LogP) is 5.38. The topological polar surface area (TPSA) is 0 Å². The molecule has 2 heteroatoms. The molecule has 0 atom stereocenters. The Morgan fingerprint density at radius 3 is 1.59 bits per heavy atom. The second-order valence-corrected chi connectivity index (χ2v) is 3.99. The van der Waals surface area contributed by atoms with E-state index in [1.807, 2.05) is 17.3 Å². The Kier molecular flexibility index (Phi) is 12.0. The van der Waals surface area contributed by atoms with Gasteiger partial charge in [-0.25, -0.2) is 12.1 Å². The van der Waals surface area contributed by atoms with E-state index >= 15 is 0 Å². The number of halogens is 1. The Bertz CT molecular complexity index is 281. The summed E-state index contributed by atoms with van der Waals surface area (Å²) in [5, 5.41) is 0. The molecule has 0 fully saturated rings. The van der Waals surface area contributed by atoms with Crippen molar-refractivity contribution >= 4 is 9.69 Å². The molecule has 0 bridgehead atoms. The second-order valence-electron chi connectivity index (χ2n) is 3.99. The van der Waals surface area contributed by atoms with E-state index in [1.165, 1.54) is 36.8 Å². The van der Waals surface area contributed by atoms with Gasteiger partial charge in [0.05, 0.1) is 0 Å². The van der Waals surface area contributed by atoms with Gasteiger partial charge in [-0.2, -0.15) is 17.2 Å². The maximum atomic E-state index is 4.57. The van der Waals surface area contributed by atoms with Crippen molar-refractivity contribution in [2.24, 2.45) is 0 Å². The predicted molar refractivity (Wildman–Crippen MR) is 74.1 cm³/mol. The Hall–Kier alpha value is -0.257. The fraction of sp³-hybridized carbons (Fsp3) is 0.400. The van der Waals surface area contributed by atoms with Crippen LogP contribution in [0.15, 0.2) is 42.5 Å². The van der Waals surface area contributed by atoms with E-state index in [9.17, 15) is 0 Å². The molecule has 96 valence electrons. The Balaban J connectivity index is 0.000000265. The molecule has 1 aliphatic carbocycles. The summed E-state index contributed by atoms with van der Waals surface area (Å²) in [4.78, 5) is 0. The van der Waals surface area contributed by atoms with Crippen LogP contribution >= 0.6 is 9.69 Å². The van der Waals surface area contributed by atoms with Crippen molar-refractivity contribution in [1.29, 1.82) is 0 Å². The molecule has 1 aromatic carbocycles. The fourth-order valence-electron chi connectivity index (χ4n) is 1.46. The molecule has 0 aliphatic heterocycles. The molecular formula is C15H21ClRu. The van der Waals surface area contributed by atoms with Gasteiger partial charge in [0.25, 0.3) is 0 Å². The van der Waals surface area contributed by atoms with E-state index in [0.717, 1.165) is 0 Å². The van der Waals surface area contributed by atoms with Crippen LogP contribution in [-0.2, 0) is 17.3 Å². The zero-order chi connectivity index (χ0) is 12.9. The van der Waals surface area contributed by atoms with E-state index in [2.05, 4.69) is 66.0 Å². The molecule has 1 aliphatic rings. The van der Waals surface area contributed by atoms with Gasteiger partial charge in [-0.1, -0.05) is 38.2 Å². The Morgan fingerprint density at radius 1 is 1.00 bits per heavy atom. The van der Waals surface area contributed by atoms with Crippen molar-refractivity contribution in [3.05, 3.63) is 53.6 Å². The van der Waals surface area contributed by atoms with Crippen molar-refractivity contribution in [1.82, 2.24) is 0 Å². The van der Waals surface area contributed by atoms with Crippen molar-refractivity contribution in [3.63, 3.8) is 0 Å². The van der Waals surface area contributed by atoms with Crippen LogP contribution < -0.4 is 0 Å². The summed E-state index contributed by atoms with van der Waals surface area (Å²) < 4.78 is 0. The minimum absolute atomic E-state index is 1.23. The SMILES string of the molecule is C1=C\CC/C=C\CC/1.Cc1ccc[c-]1C.[Cl][Ru+]. The molecule has 0 amide bonds. The van der Waals surface area contributed by atoms with Crippen LogP contribution in [0.3, 0.4) is 0 Å². The van der Waals surface area contributed by atoms with Crippen LogP contribution in [0.5, 0.6) is 0 Å². The van der Waals surface area contributed by atoms with Crippen LogP contribution in [-0.4, -0.2) is 0 Å². The van der Waals surface area contributed by atoms with Gasteiger partial charge in [0, 0.05) is 0 Å². The van der Waals surface area contributed by atoms with Gasteiger partial charge in [0.2, 0.25) is 0 Å². The Labute approximate surface area is 120 Å². The zero-order valence-corrected chi connectivity index (χ0v) is 13.1. The molecule has 0 heterocycles. The van der Waals surface area contributed by atoms with Gasteiger partial charge >= 0.3 is 27.0 Å². The molecule has 0 radical (unpaired) electrons. The first-order chi connectivity index (χ1) is 8.30. The zero-order valence-electron chi connectivity index (χ0n) is 10.6. The monoisotopic (exact) mass is 338 g/mol. The molecule has 0 N–H and O–H groups in total. The fourth-order valence-corrected chi connectivity index (χ4v) is 1.46. The van der Waals surface area contributed by atoms with E-state index in [0.29, 0.717) is 0 Å². The van der Waals surface area contributed by atoms with Crippen molar-refractivity contribution in [2.45, 2.75) is 39.5 Å². The first kappa shape index (κ1) is 16.7. The third-order valence-corrected chi connectivity index (χ3v) is 2.65. The van der Waals surface area contributed by atoms with Crippen LogP contribution in [0, 0.1) is 13.8 Å². The van der Waals surface area contributed by atoms with Crippen molar-refractivity contribution in [2.75, 3.05) is 0 Å². The van der Waals surface area contributed by atoms with Gasteiger partial charge in [0.1, 0.15) is 0 Å². The summed E-state index contributed by atoms with van der Waals surface area (Å²) in [6.45, 7) is 4.24. The molecule has 17 heavy (non-hydrogen) atoms. The minimum atomic E-state index is 1.23. The first-order valence-corrected chi connectivity index (χ1v) is 8.17. The summed E-state index contributed by atoms with van der Waals surface area (Å²) in [7, 11) is 4.57. The molecule has 0 saturated carbocycles. The normalized spacial score (nSPS) is 17.4. The molecule has 0 nitrogen and oxygen atoms in total. The second kappa shape index (κ2) is 12.2. The number of hydrogen-bond acceptors (Lipinski definition) is 0. The standard InChI is InChI=1S/C8H12.C7H9.ClH.Ru/c1-2-4-6-8-7-5-3-1;1-6-4-3-5-7(6)2;;/h1-2,7-8H,3-6H2;3-5H,1-2H3;1H;/q;-1;;+2/p-1/b2-1-,8-7-;;;. The average molecular weight is 338 g/mol. The van der Waals surface area contributed by atoms with E-state index in [-0.39, 0.29) is 0 Å². The number of hydrogen-bond donors (Lipinski definition) is 0. The van der Waals surface area contributed by atoms with Gasteiger partial charge in [-0.05, 0) is 25.7 Å².